The summed E-state index contributed by atoms with van der Waals surface area (Å²) in [7, 11) is 1.36. The van der Waals surface area contributed by atoms with E-state index in [9.17, 15) is 4.79 Å². The number of halogens is 1. The standard InChI is InChI=1S/C11H11ClO2/c1-14-11(13)10-6-4-2-3-5-9(7-10)8-12/h2-7H,8H2,1H3/b3-2?,4-2+,5-3-,6-4?,9-5?,9-7-,10-6+,10-7?. The molecule has 0 fully saturated rings. The van der Waals surface area contributed by atoms with Crippen molar-refractivity contribution in [1.82, 2.24) is 0 Å². The van der Waals surface area contributed by atoms with Gasteiger partial charge in [0.2, 0.25) is 0 Å². The number of carbonyl (C=O) groups excluding carboxylic acids is 1. The Kier molecular flexibility index (Phi) is 4.20. The second kappa shape index (κ2) is 5.45. The SMILES string of the molecule is COC(=O)C1=C/C=C/C=C\C(CCl)=C\1. The van der Waals surface area contributed by atoms with Gasteiger partial charge in [0.1, 0.15) is 0 Å². The van der Waals surface area contributed by atoms with Crippen molar-refractivity contribution in [2.45, 2.75) is 0 Å². The maximum Gasteiger partial charge on any atom is 0.337 e. The molecule has 0 aliphatic heterocycles. The third-order valence-corrected chi connectivity index (χ3v) is 2.03. The van der Waals surface area contributed by atoms with Gasteiger partial charge in [0.25, 0.3) is 0 Å². The van der Waals surface area contributed by atoms with Crippen molar-refractivity contribution in [3.05, 3.63) is 47.6 Å². The van der Waals surface area contributed by atoms with E-state index in [2.05, 4.69) is 4.74 Å². The molecule has 0 amide bonds. The molecular weight excluding hydrogens is 200 g/mol. The third-order valence-electron chi connectivity index (χ3n) is 1.72. The Bertz CT molecular complexity index is 335. The summed E-state index contributed by atoms with van der Waals surface area (Å²) in [6.45, 7) is 0. The predicted octanol–water partition coefficient (Wildman–Crippen LogP) is 2.38. The molecule has 0 aromatic heterocycles. The molecule has 0 N–H and O–H groups in total. The smallest absolute Gasteiger partial charge is 0.337 e. The number of carbonyl (C=O) groups is 1. The summed E-state index contributed by atoms with van der Waals surface area (Å²) >= 11 is 5.70. The van der Waals surface area contributed by atoms with Crippen LogP contribution in [0.2, 0.25) is 0 Å². The summed E-state index contributed by atoms with van der Waals surface area (Å²) in [4.78, 5) is 11.3. The van der Waals surface area contributed by atoms with Crippen molar-refractivity contribution in [3.8, 4) is 0 Å². The summed E-state index contributed by atoms with van der Waals surface area (Å²) in [5.41, 5.74) is 1.39. The van der Waals surface area contributed by atoms with Gasteiger partial charge >= 0.3 is 5.97 Å². The first-order valence-corrected chi connectivity index (χ1v) is 4.71. The van der Waals surface area contributed by atoms with Crippen LogP contribution in [-0.2, 0) is 9.53 Å². The Labute approximate surface area is 88.2 Å². The average molecular weight is 211 g/mol. The highest BCUT2D eigenvalue weighted by atomic mass is 35.5. The van der Waals surface area contributed by atoms with Crippen molar-refractivity contribution in [1.29, 1.82) is 0 Å². The van der Waals surface area contributed by atoms with Crippen LogP contribution in [0.5, 0.6) is 0 Å². The van der Waals surface area contributed by atoms with Gasteiger partial charge in [-0.3, -0.25) is 0 Å². The number of hydrogen-bond acceptors (Lipinski definition) is 2. The van der Waals surface area contributed by atoms with Gasteiger partial charge in [0.15, 0.2) is 0 Å². The van der Waals surface area contributed by atoms with E-state index >= 15 is 0 Å². The lowest BCUT2D eigenvalue weighted by Crippen LogP contribution is -2.03. The van der Waals surface area contributed by atoms with Crippen molar-refractivity contribution in [3.63, 3.8) is 0 Å². The fourth-order valence-electron chi connectivity index (χ4n) is 1.03. The Hall–Kier alpha value is -1.28. The monoisotopic (exact) mass is 210 g/mol. The molecule has 1 rings (SSSR count). The Morgan fingerprint density at radius 2 is 2.21 bits per heavy atom. The molecular formula is C11H11ClO2. The lowest BCUT2D eigenvalue weighted by Gasteiger charge is -2.02. The van der Waals surface area contributed by atoms with Gasteiger partial charge in [-0.15, -0.1) is 11.6 Å². The second-order valence-electron chi connectivity index (χ2n) is 2.71. The highest BCUT2D eigenvalue weighted by Crippen LogP contribution is 2.10. The van der Waals surface area contributed by atoms with Crippen molar-refractivity contribution in [2.24, 2.45) is 0 Å². The van der Waals surface area contributed by atoms with E-state index in [0.29, 0.717) is 11.5 Å². The van der Waals surface area contributed by atoms with Crippen molar-refractivity contribution >= 4 is 17.6 Å². The molecule has 1 aliphatic carbocycles. The molecule has 0 unspecified atom stereocenters. The fourth-order valence-corrected chi connectivity index (χ4v) is 1.19. The van der Waals surface area contributed by atoms with E-state index in [1.54, 1.807) is 18.2 Å². The third kappa shape index (κ3) is 2.89. The number of alkyl halides is 1. The van der Waals surface area contributed by atoms with Crippen molar-refractivity contribution < 1.29 is 9.53 Å². The molecule has 1 aliphatic rings. The van der Waals surface area contributed by atoms with Gasteiger partial charge in [-0.25, -0.2) is 4.79 Å². The quantitative estimate of drug-likeness (QED) is 0.517. The number of ether oxygens (including phenoxy) is 1. The highest BCUT2D eigenvalue weighted by molar-refractivity contribution is 6.19. The zero-order chi connectivity index (χ0) is 10.4. The molecule has 2 nitrogen and oxygen atoms in total. The fraction of sp³-hybridized carbons (Fsp3) is 0.182. The number of methoxy groups -OCH3 is 1. The summed E-state index contributed by atoms with van der Waals surface area (Å²) in [5, 5.41) is 0. The first-order chi connectivity index (χ1) is 6.77. The molecule has 14 heavy (non-hydrogen) atoms. The summed E-state index contributed by atoms with van der Waals surface area (Å²) in [5.74, 6) is 0.0196. The molecule has 0 saturated heterocycles. The molecule has 0 saturated carbocycles. The van der Waals surface area contributed by atoms with Gasteiger partial charge in [0.05, 0.1) is 12.7 Å². The number of rotatable bonds is 2. The van der Waals surface area contributed by atoms with E-state index in [1.165, 1.54) is 7.11 Å². The summed E-state index contributed by atoms with van der Waals surface area (Å²) in [6.07, 6.45) is 10.8. The first kappa shape index (κ1) is 10.8. The van der Waals surface area contributed by atoms with Gasteiger partial charge < -0.3 is 4.74 Å². The van der Waals surface area contributed by atoms with Crippen LogP contribution >= 0.6 is 11.6 Å². The van der Waals surface area contributed by atoms with E-state index in [1.807, 2.05) is 18.2 Å². The molecule has 0 aromatic carbocycles. The molecule has 0 heterocycles. The molecule has 0 bridgehead atoms. The lowest BCUT2D eigenvalue weighted by atomic mass is 10.1. The lowest BCUT2D eigenvalue weighted by molar-refractivity contribution is -0.135. The van der Waals surface area contributed by atoms with E-state index in [0.717, 1.165) is 5.57 Å². The highest BCUT2D eigenvalue weighted by Gasteiger charge is 2.06. The van der Waals surface area contributed by atoms with Gasteiger partial charge in [-0.05, 0) is 17.7 Å². The van der Waals surface area contributed by atoms with Crippen LogP contribution in [0.1, 0.15) is 0 Å². The van der Waals surface area contributed by atoms with Crippen LogP contribution in [0.4, 0.5) is 0 Å². The molecule has 0 spiro atoms. The zero-order valence-electron chi connectivity index (χ0n) is 7.87. The zero-order valence-corrected chi connectivity index (χ0v) is 8.62. The summed E-state index contributed by atoms with van der Waals surface area (Å²) in [6, 6.07) is 0. The van der Waals surface area contributed by atoms with Gasteiger partial charge in [0, 0.05) is 5.88 Å². The van der Waals surface area contributed by atoms with Crippen LogP contribution < -0.4 is 0 Å². The van der Waals surface area contributed by atoms with E-state index < -0.39 is 0 Å². The van der Waals surface area contributed by atoms with E-state index in [-0.39, 0.29) is 5.97 Å². The number of esters is 1. The van der Waals surface area contributed by atoms with Gasteiger partial charge in [-0.2, -0.15) is 0 Å². The minimum atomic E-state index is -0.354. The van der Waals surface area contributed by atoms with Crippen molar-refractivity contribution in [2.75, 3.05) is 13.0 Å². The number of hydrogen-bond donors (Lipinski definition) is 0. The maximum absolute atomic E-state index is 11.3. The van der Waals surface area contributed by atoms with E-state index in [4.69, 9.17) is 11.6 Å². The molecule has 3 heteroatoms. The topological polar surface area (TPSA) is 26.3 Å². The molecule has 0 atom stereocenters. The van der Waals surface area contributed by atoms with Crippen LogP contribution in [0.25, 0.3) is 0 Å². The molecule has 74 valence electrons. The normalized spacial score (nSPS) is 27.3. The number of allylic oxidation sites excluding steroid dienone is 6. The minimum Gasteiger partial charge on any atom is -0.465 e. The minimum absolute atomic E-state index is 0.354. The van der Waals surface area contributed by atoms with Crippen LogP contribution in [0.3, 0.4) is 0 Å². The first-order valence-electron chi connectivity index (χ1n) is 4.18. The molecule has 0 aromatic rings. The summed E-state index contributed by atoms with van der Waals surface area (Å²) < 4.78 is 4.63. The van der Waals surface area contributed by atoms with Crippen LogP contribution in [0, 0.1) is 0 Å². The molecule has 0 radical (unpaired) electrons. The Morgan fingerprint density at radius 1 is 1.43 bits per heavy atom. The van der Waals surface area contributed by atoms with Crippen LogP contribution in [0.15, 0.2) is 47.6 Å². The Balaban J connectivity index is 2.97. The van der Waals surface area contributed by atoms with Gasteiger partial charge in [-0.1, -0.05) is 24.3 Å². The largest absolute Gasteiger partial charge is 0.465 e. The maximum atomic E-state index is 11.3. The van der Waals surface area contributed by atoms with Crippen LogP contribution in [-0.4, -0.2) is 19.0 Å². The Morgan fingerprint density at radius 3 is 2.86 bits per heavy atom. The second-order valence-corrected chi connectivity index (χ2v) is 2.98. The predicted molar refractivity (Wildman–Crippen MR) is 57.2 cm³/mol. The average Bonchev–Trinajstić information content (AvgIpc) is 2.17.